The van der Waals surface area contributed by atoms with Gasteiger partial charge in [-0.25, -0.2) is 0 Å². The van der Waals surface area contributed by atoms with Gasteiger partial charge in [-0.05, 0) is 42.5 Å². The van der Waals surface area contributed by atoms with Crippen LogP contribution in [-0.4, -0.2) is 5.11 Å². The fourth-order valence-corrected chi connectivity index (χ4v) is 2.41. The number of halogens is 1. The molecule has 70 valence electrons. The maximum Gasteiger partial charge on any atom is 0.0877 e. The second-order valence-corrected chi connectivity index (χ2v) is 4.55. The molecule has 1 nitrogen and oxygen atoms in total. The van der Waals surface area contributed by atoms with Crippen molar-refractivity contribution in [3.05, 3.63) is 34.3 Å². The summed E-state index contributed by atoms with van der Waals surface area (Å²) in [7, 11) is 0. The minimum Gasteiger partial charge on any atom is -0.385 e. The lowest BCUT2D eigenvalue weighted by Gasteiger charge is -2.17. The van der Waals surface area contributed by atoms with Crippen molar-refractivity contribution in [1.29, 1.82) is 0 Å². The highest BCUT2D eigenvalue weighted by atomic mass is 35.5. The fraction of sp³-hybridized carbons (Fsp3) is 0.455. The van der Waals surface area contributed by atoms with Gasteiger partial charge >= 0.3 is 0 Å². The average molecular weight is 197 g/mol. The molecule has 2 atom stereocenters. The van der Waals surface area contributed by atoms with Crippen LogP contribution in [0.2, 0.25) is 5.02 Å². The molecule has 0 radical (unpaired) electrons. The van der Waals surface area contributed by atoms with Crippen LogP contribution in [0.5, 0.6) is 0 Å². The van der Waals surface area contributed by atoms with Crippen molar-refractivity contribution in [2.24, 2.45) is 0 Å². The van der Waals surface area contributed by atoms with Gasteiger partial charge in [-0.2, -0.15) is 0 Å². The van der Waals surface area contributed by atoms with Gasteiger partial charge in [-0.15, -0.1) is 0 Å². The zero-order valence-electron chi connectivity index (χ0n) is 7.84. The summed E-state index contributed by atoms with van der Waals surface area (Å²) in [4.78, 5) is 0. The van der Waals surface area contributed by atoms with Crippen molar-refractivity contribution in [1.82, 2.24) is 0 Å². The number of benzene rings is 1. The van der Waals surface area contributed by atoms with Gasteiger partial charge in [-0.1, -0.05) is 24.6 Å². The lowest BCUT2D eigenvalue weighted by molar-refractivity contribution is 0.0552. The normalized spacial score (nSPS) is 31.8. The van der Waals surface area contributed by atoms with Crippen molar-refractivity contribution in [3.8, 4) is 0 Å². The highest BCUT2D eigenvalue weighted by Crippen LogP contribution is 2.44. The van der Waals surface area contributed by atoms with E-state index < -0.39 is 5.60 Å². The maximum absolute atomic E-state index is 10.1. The smallest absolute Gasteiger partial charge is 0.0877 e. The third-order valence-corrected chi connectivity index (χ3v) is 3.07. The van der Waals surface area contributed by atoms with Crippen molar-refractivity contribution < 1.29 is 5.11 Å². The first kappa shape index (κ1) is 9.04. The fourth-order valence-electron chi connectivity index (χ4n) is 2.24. The molecule has 2 rings (SSSR count). The molecule has 13 heavy (non-hydrogen) atoms. The first-order valence-corrected chi connectivity index (χ1v) is 4.91. The molecule has 2 unspecified atom stereocenters. The van der Waals surface area contributed by atoms with Gasteiger partial charge < -0.3 is 5.11 Å². The summed E-state index contributed by atoms with van der Waals surface area (Å²) >= 11 is 5.89. The molecule has 0 aliphatic heterocycles. The third-order valence-electron chi connectivity index (χ3n) is 2.83. The van der Waals surface area contributed by atoms with Gasteiger partial charge in [0.1, 0.15) is 0 Å². The van der Waals surface area contributed by atoms with Gasteiger partial charge in [-0.3, -0.25) is 0 Å². The van der Waals surface area contributed by atoms with Crippen molar-refractivity contribution >= 4 is 11.6 Å². The predicted octanol–water partition coefficient (Wildman–Crippen LogP) is 3.05. The van der Waals surface area contributed by atoms with Crippen LogP contribution < -0.4 is 0 Å². The second kappa shape index (κ2) is 2.73. The van der Waals surface area contributed by atoms with Crippen molar-refractivity contribution in [2.75, 3.05) is 0 Å². The van der Waals surface area contributed by atoms with Crippen LogP contribution in [-0.2, 0) is 5.60 Å². The van der Waals surface area contributed by atoms with E-state index in [4.69, 9.17) is 11.6 Å². The molecule has 0 fully saturated rings. The Morgan fingerprint density at radius 2 is 2.23 bits per heavy atom. The molecular formula is C11H13ClO. The molecule has 0 bridgehead atoms. The number of aliphatic hydroxyl groups is 1. The van der Waals surface area contributed by atoms with Crippen molar-refractivity contribution in [2.45, 2.75) is 31.8 Å². The van der Waals surface area contributed by atoms with E-state index in [9.17, 15) is 5.11 Å². The molecule has 0 spiro atoms. The first-order valence-electron chi connectivity index (χ1n) is 4.53. The van der Waals surface area contributed by atoms with E-state index in [1.54, 1.807) is 0 Å². The predicted molar refractivity (Wildman–Crippen MR) is 54.1 cm³/mol. The number of hydrogen-bond acceptors (Lipinski definition) is 1. The summed E-state index contributed by atoms with van der Waals surface area (Å²) in [5, 5.41) is 10.8. The highest BCUT2D eigenvalue weighted by Gasteiger charge is 2.36. The largest absolute Gasteiger partial charge is 0.385 e. The van der Waals surface area contributed by atoms with Gasteiger partial charge in [0.2, 0.25) is 0 Å². The molecule has 0 saturated heterocycles. The van der Waals surface area contributed by atoms with E-state index in [2.05, 4.69) is 6.92 Å². The van der Waals surface area contributed by atoms with Crippen LogP contribution in [0.15, 0.2) is 18.2 Å². The molecule has 0 saturated carbocycles. The average Bonchev–Trinajstić information content (AvgIpc) is 2.23. The van der Waals surface area contributed by atoms with Crippen LogP contribution in [0.25, 0.3) is 0 Å². The summed E-state index contributed by atoms with van der Waals surface area (Å²) in [5.74, 6) is 0.433. The van der Waals surface area contributed by atoms with Crippen LogP contribution >= 0.6 is 11.6 Å². The van der Waals surface area contributed by atoms with Crippen LogP contribution in [0, 0.1) is 0 Å². The van der Waals surface area contributed by atoms with E-state index in [1.807, 2.05) is 25.1 Å². The van der Waals surface area contributed by atoms with E-state index in [0.717, 1.165) is 12.0 Å². The van der Waals surface area contributed by atoms with Gasteiger partial charge in [0.15, 0.2) is 0 Å². The van der Waals surface area contributed by atoms with Crippen LogP contribution in [0.3, 0.4) is 0 Å². The molecule has 1 aliphatic carbocycles. The molecule has 0 aromatic heterocycles. The van der Waals surface area contributed by atoms with E-state index >= 15 is 0 Å². The molecule has 0 amide bonds. The third kappa shape index (κ3) is 1.36. The Morgan fingerprint density at radius 1 is 1.54 bits per heavy atom. The molecule has 1 N–H and O–H groups in total. The maximum atomic E-state index is 10.1. The van der Waals surface area contributed by atoms with E-state index in [0.29, 0.717) is 10.9 Å². The second-order valence-electron chi connectivity index (χ2n) is 4.11. The minimum absolute atomic E-state index is 0.433. The lowest BCUT2D eigenvalue weighted by Crippen LogP contribution is -2.16. The summed E-state index contributed by atoms with van der Waals surface area (Å²) in [6.07, 6.45) is 0.794. The first-order chi connectivity index (χ1) is 6.00. The lowest BCUT2D eigenvalue weighted by atomic mass is 9.99. The van der Waals surface area contributed by atoms with Gasteiger partial charge in [0.25, 0.3) is 0 Å². The monoisotopic (exact) mass is 196 g/mol. The Kier molecular flexibility index (Phi) is 1.90. The molecule has 1 aromatic carbocycles. The summed E-state index contributed by atoms with van der Waals surface area (Å²) < 4.78 is 0. The topological polar surface area (TPSA) is 20.2 Å². The van der Waals surface area contributed by atoms with Crippen molar-refractivity contribution in [3.63, 3.8) is 0 Å². The number of hydrogen-bond donors (Lipinski definition) is 1. The SMILES string of the molecule is CC1CC(C)(O)c2cc(Cl)ccc21. The summed E-state index contributed by atoms with van der Waals surface area (Å²) in [6.45, 7) is 3.99. The molecule has 1 aliphatic rings. The van der Waals surface area contributed by atoms with Crippen LogP contribution in [0.4, 0.5) is 0 Å². The summed E-state index contributed by atoms with van der Waals surface area (Å²) in [5.41, 5.74) is 1.53. The molecule has 2 heteroatoms. The van der Waals surface area contributed by atoms with Gasteiger partial charge in [0, 0.05) is 5.02 Å². The standard InChI is InChI=1S/C11H13ClO/c1-7-6-11(2,13)10-5-8(12)3-4-9(7)10/h3-5,7,13H,6H2,1-2H3. The molecule has 1 aromatic rings. The number of fused-ring (bicyclic) bond motifs is 1. The Morgan fingerprint density at radius 3 is 2.92 bits per heavy atom. The number of rotatable bonds is 0. The summed E-state index contributed by atoms with van der Waals surface area (Å²) in [6, 6.07) is 5.78. The van der Waals surface area contributed by atoms with Crippen LogP contribution in [0.1, 0.15) is 37.3 Å². The Bertz CT molecular complexity index is 344. The quantitative estimate of drug-likeness (QED) is 0.676. The Balaban J connectivity index is 2.60. The zero-order chi connectivity index (χ0) is 9.64. The van der Waals surface area contributed by atoms with Gasteiger partial charge in [0.05, 0.1) is 5.60 Å². The Hall–Kier alpha value is -0.530. The molecular weight excluding hydrogens is 184 g/mol. The minimum atomic E-state index is -0.695. The molecule has 0 heterocycles. The van der Waals surface area contributed by atoms with E-state index in [-0.39, 0.29) is 0 Å². The highest BCUT2D eigenvalue weighted by molar-refractivity contribution is 6.30. The van der Waals surface area contributed by atoms with E-state index in [1.165, 1.54) is 5.56 Å². The Labute approximate surface area is 83.3 Å². The zero-order valence-corrected chi connectivity index (χ0v) is 8.60.